The maximum atomic E-state index is 13.0. The van der Waals surface area contributed by atoms with E-state index in [2.05, 4.69) is 10.4 Å². The number of para-hydroxylation sites is 1. The van der Waals surface area contributed by atoms with E-state index in [0.717, 1.165) is 10.6 Å². The molecule has 0 bridgehead atoms. The van der Waals surface area contributed by atoms with Gasteiger partial charge in [-0.1, -0.05) is 41.9 Å². The predicted octanol–water partition coefficient (Wildman–Crippen LogP) is 4.93. The van der Waals surface area contributed by atoms with Crippen LogP contribution in [0.3, 0.4) is 0 Å². The number of nitrogens with one attached hydrogen (secondary N) is 1. The van der Waals surface area contributed by atoms with Crippen molar-refractivity contribution >= 4 is 40.6 Å². The average Bonchev–Trinajstić information content (AvgIpc) is 3.50. The minimum absolute atomic E-state index is 0.150. The van der Waals surface area contributed by atoms with Crippen LogP contribution in [-0.4, -0.2) is 34.0 Å². The van der Waals surface area contributed by atoms with E-state index in [-0.39, 0.29) is 17.3 Å². The van der Waals surface area contributed by atoms with Gasteiger partial charge >= 0.3 is 5.97 Å². The molecule has 0 aliphatic carbocycles. The first kappa shape index (κ1) is 23.4. The minimum atomic E-state index is -0.657. The van der Waals surface area contributed by atoms with Crippen LogP contribution in [0.15, 0.2) is 72.9 Å². The molecule has 1 amide bonds. The quantitative estimate of drug-likeness (QED) is 0.277. The number of Topliss-reactive ketones (excluding diaryl/α,β-unsaturated/α-hetero) is 1. The summed E-state index contributed by atoms with van der Waals surface area (Å²) in [6.45, 7) is 1.36. The third-order valence-electron chi connectivity index (χ3n) is 4.85. The number of carbonyl (C=O) groups is 3. The molecule has 4 aromatic rings. The third-order valence-corrected chi connectivity index (χ3v) is 6.23. The Balaban J connectivity index is 1.53. The summed E-state index contributed by atoms with van der Waals surface area (Å²) in [4.78, 5) is 37.9. The van der Waals surface area contributed by atoms with Gasteiger partial charge in [0.05, 0.1) is 17.1 Å². The lowest BCUT2D eigenvalue weighted by Crippen LogP contribution is -2.18. The second kappa shape index (κ2) is 10.5. The van der Waals surface area contributed by atoms with E-state index in [1.54, 1.807) is 47.3 Å². The SMILES string of the molecule is CC(=O)NCc1ccc(C(=O)COC(=O)c2cn(-c3ccccc3)nc2-c2ccc(Cl)cc2)s1. The van der Waals surface area contributed by atoms with Gasteiger partial charge in [0, 0.05) is 28.6 Å². The lowest BCUT2D eigenvalue weighted by molar-refractivity contribution is -0.119. The van der Waals surface area contributed by atoms with Crippen molar-refractivity contribution in [2.45, 2.75) is 13.5 Å². The Morgan fingerprint density at radius 3 is 2.47 bits per heavy atom. The van der Waals surface area contributed by atoms with Crippen LogP contribution in [0, 0.1) is 0 Å². The highest BCUT2D eigenvalue weighted by Crippen LogP contribution is 2.26. The molecule has 4 rings (SSSR count). The fourth-order valence-electron chi connectivity index (χ4n) is 3.17. The summed E-state index contributed by atoms with van der Waals surface area (Å²) in [7, 11) is 0. The molecule has 0 aliphatic heterocycles. The zero-order valence-electron chi connectivity index (χ0n) is 18.2. The summed E-state index contributed by atoms with van der Waals surface area (Å²) in [6.07, 6.45) is 1.59. The molecule has 9 heteroatoms. The highest BCUT2D eigenvalue weighted by molar-refractivity contribution is 7.14. The van der Waals surface area contributed by atoms with Gasteiger partial charge < -0.3 is 10.1 Å². The van der Waals surface area contributed by atoms with Crippen molar-refractivity contribution < 1.29 is 19.1 Å². The number of esters is 1. The van der Waals surface area contributed by atoms with E-state index in [1.807, 2.05) is 30.3 Å². The number of aromatic nitrogens is 2. The van der Waals surface area contributed by atoms with Crippen molar-refractivity contribution in [2.75, 3.05) is 6.61 Å². The van der Waals surface area contributed by atoms with Crippen molar-refractivity contribution in [3.8, 4) is 16.9 Å². The summed E-state index contributed by atoms with van der Waals surface area (Å²) in [5.41, 5.74) is 2.12. The van der Waals surface area contributed by atoms with Crippen LogP contribution in [0.2, 0.25) is 5.02 Å². The molecule has 1 N–H and O–H groups in total. The van der Waals surface area contributed by atoms with Crippen LogP contribution in [0.4, 0.5) is 0 Å². The van der Waals surface area contributed by atoms with Crippen LogP contribution in [-0.2, 0) is 16.1 Å². The highest BCUT2D eigenvalue weighted by Gasteiger charge is 2.21. The molecule has 0 saturated heterocycles. The van der Waals surface area contributed by atoms with Crippen molar-refractivity contribution in [2.24, 2.45) is 0 Å². The first-order valence-corrected chi connectivity index (χ1v) is 11.5. The Hall–Kier alpha value is -3.75. The number of benzene rings is 2. The number of amides is 1. The number of thiophene rings is 1. The smallest absolute Gasteiger partial charge is 0.342 e. The fourth-order valence-corrected chi connectivity index (χ4v) is 4.17. The number of nitrogens with zero attached hydrogens (tertiary/aromatic N) is 2. The summed E-state index contributed by atoms with van der Waals surface area (Å²) < 4.78 is 6.95. The first-order valence-electron chi connectivity index (χ1n) is 10.3. The molecule has 0 atom stereocenters. The Morgan fingerprint density at radius 1 is 1.03 bits per heavy atom. The number of ketones is 1. The van der Waals surface area contributed by atoms with E-state index >= 15 is 0 Å². The van der Waals surface area contributed by atoms with E-state index in [4.69, 9.17) is 16.3 Å². The molecular weight excluding hydrogens is 474 g/mol. The normalized spacial score (nSPS) is 10.6. The second-order valence-corrected chi connectivity index (χ2v) is 8.96. The maximum absolute atomic E-state index is 13.0. The molecule has 172 valence electrons. The Kier molecular flexibility index (Phi) is 7.20. The molecule has 0 radical (unpaired) electrons. The summed E-state index contributed by atoms with van der Waals surface area (Å²) in [5, 5.41) is 7.83. The Bertz CT molecular complexity index is 1330. The average molecular weight is 494 g/mol. The van der Waals surface area contributed by atoms with Gasteiger partial charge in [-0.05, 0) is 36.4 Å². The highest BCUT2D eigenvalue weighted by atomic mass is 35.5. The van der Waals surface area contributed by atoms with E-state index in [0.29, 0.717) is 27.7 Å². The monoisotopic (exact) mass is 493 g/mol. The molecule has 0 spiro atoms. The van der Waals surface area contributed by atoms with Crippen molar-refractivity contribution in [3.05, 3.63) is 93.3 Å². The van der Waals surface area contributed by atoms with Gasteiger partial charge in [0.15, 0.2) is 6.61 Å². The van der Waals surface area contributed by atoms with Gasteiger partial charge in [-0.25, -0.2) is 9.48 Å². The molecule has 34 heavy (non-hydrogen) atoms. The van der Waals surface area contributed by atoms with Gasteiger partial charge in [-0.3, -0.25) is 9.59 Å². The molecule has 2 aromatic carbocycles. The molecule has 0 unspecified atom stereocenters. The molecule has 0 saturated carbocycles. The number of ether oxygens (including phenoxy) is 1. The van der Waals surface area contributed by atoms with E-state index in [9.17, 15) is 14.4 Å². The Morgan fingerprint density at radius 2 is 1.76 bits per heavy atom. The number of carbonyl (C=O) groups excluding carboxylic acids is 3. The molecule has 2 aromatic heterocycles. The van der Waals surface area contributed by atoms with Crippen LogP contribution in [0.1, 0.15) is 31.8 Å². The van der Waals surface area contributed by atoms with Crippen molar-refractivity contribution in [1.29, 1.82) is 0 Å². The molecule has 0 fully saturated rings. The van der Waals surface area contributed by atoms with Crippen molar-refractivity contribution in [3.63, 3.8) is 0 Å². The minimum Gasteiger partial charge on any atom is -0.454 e. The first-order chi connectivity index (χ1) is 16.4. The van der Waals surface area contributed by atoms with E-state index in [1.165, 1.54) is 18.3 Å². The summed E-state index contributed by atoms with van der Waals surface area (Å²) in [5.74, 6) is -1.13. The lowest BCUT2D eigenvalue weighted by Gasteiger charge is -2.04. The van der Waals surface area contributed by atoms with Gasteiger partial charge in [0.2, 0.25) is 11.7 Å². The third kappa shape index (κ3) is 5.59. The summed E-state index contributed by atoms with van der Waals surface area (Å²) in [6, 6.07) is 19.8. The predicted molar refractivity (Wildman–Crippen MR) is 130 cm³/mol. The molecular formula is C25H20ClN3O4S. The fraction of sp³-hybridized carbons (Fsp3) is 0.120. The zero-order chi connectivity index (χ0) is 24.1. The van der Waals surface area contributed by atoms with E-state index < -0.39 is 12.6 Å². The van der Waals surface area contributed by atoms with Crippen molar-refractivity contribution in [1.82, 2.24) is 15.1 Å². The van der Waals surface area contributed by atoms with Crippen LogP contribution < -0.4 is 5.32 Å². The number of halogens is 1. The summed E-state index contributed by atoms with van der Waals surface area (Å²) >= 11 is 7.26. The molecule has 0 aliphatic rings. The zero-order valence-corrected chi connectivity index (χ0v) is 19.7. The van der Waals surface area contributed by atoms with Gasteiger partial charge in [-0.2, -0.15) is 5.10 Å². The van der Waals surface area contributed by atoms with Crippen LogP contribution >= 0.6 is 22.9 Å². The second-order valence-electron chi connectivity index (χ2n) is 7.35. The molecule has 7 nitrogen and oxygen atoms in total. The number of rotatable bonds is 8. The van der Waals surface area contributed by atoms with Gasteiger partial charge in [0.1, 0.15) is 11.3 Å². The molecule has 2 heterocycles. The lowest BCUT2D eigenvalue weighted by atomic mass is 10.1. The standard InChI is InChI=1S/C25H20ClN3O4S/c1-16(30)27-13-20-11-12-23(34-20)22(31)15-33-25(32)21-14-29(19-5-3-2-4-6-19)28-24(21)17-7-9-18(26)10-8-17/h2-12,14H,13,15H2,1H3,(H,27,30). The largest absolute Gasteiger partial charge is 0.454 e. The Labute approximate surface area is 204 Å². The van der Waals surface area contributed by atoms with Crippen LogP contribution in [0.5, 0.6) is 0 Å². The topological polar surface area (TPSA) is 90.3 Å². The number of hydrogen-bond donors (Lipinski definition) is 1. The van der Waals surface area contributed by atoms with Gasteiger partial charge in [0.25, 0.3) is 0 Å². The maximum Gasteiger partial charge on any atom is 0.342 e. The van der Waals surface area contributed by atoms with Gasteiger partial charge in [-0.15, -0.1) is 11.3 Å². The number of hydrogen-bond acceptors (Lipinski definition) is 6. The van der Waals surface area contributed by atoms with Crippen LogP contribution in [0.25, 0.3) is 16.9 Å².